The fourth-order valence-electron chi connectivity index (χ4n) is 2.47. The summed E-state index contributed by atoms with van der Waals surface area (Å²) >= 11 is 0. The van der Waals surface area contributed by atoms with Crippen LogP contribution in [0.4, 0.5) is 0 Å². The number of hydrogen-bond donors (Lipinski definition) is 2. The number of likely N-dealkylation sites (N-methyl/N-ethyl adjacent to an activating group) is 1. The minimum Gasteiger partial charge on any atom is -0.491 e. The van der Waals surface area contributed by atoms with Gasteiger partial charge in [-0.05, 0) is 51.1 Å². The first kappa shape index (κ1) is 21.9. The third-order valence-electron chi connectivity index (χ3n) is 3.60. The van der Waals surface area contributed by atoms with Gasteiger partial charge in [0.2, 0.25) is 0 Å². The lowest BCUT2D eigenvalue weighted by atomic mass is 10.2. The van der Waals surface area contributed by atoms with Crippen molar-refractivity contribution in [2.24, 2.45) is 0 Å². The maximum Gasteiger partial charge on any atom is 0.273 e. The molecule has 0 saturated carbocycles. The van der Waals surface area contributed by atoms with Gasteiger partial charge in [-0.15, -0.1) is 17.5 Å². The number of halogens is 1. The Bertz CT molecular complexity index is 685. The van der Waals surface area contributed by atoms with E-state index < -0.39 is 0 Å². The number of rotatable bonds is 9. The van der Waals surface area contributed by atoms with Crippen molar-refractivity contribution in [1.82, 2.24) is 25.6 Å². The fourth-order valence-corrected chi connectivity index (χ4v) is 2.47. The van der Waals surface area contributed by atoms with Gasteiger partial charge in [-0.25, -0.2) is 4.68 Å². The van der Waals surface area contributed by atoms with Crippen molar-refractivity contribution in [2.75, 3.05) is 19.6 Å². The Morgan fingerprint density at radius 3 is 2.46 bits per heavy atom. The second-order valence-electron chi connectivity index (χ2n) is 5.92. The van der Waals surface area contributed by atoms with Gasteiger partial charge in [0.15, 0.2) is 5.69 Å². The highest BCUT2D eigenvalue weighted by Gasteiger charge is 2.19. The highest BCUT2D eigenvalue weighted by Crippen LogP contribution is 2.18. The van der Waals surface area contributed by atoms with E-state index in [2.05, 4.69) is 20.9 Å². The Balaban J connectivity index is 0.00000338. The van der Waals surface area contributed by atoms with Crippen LogP contribution in [0, 0.1) is 0 Å². The summed E-state index contributed by atoms with van der Waals surface area (Å²) in [5, 5.41) is 14.3. The molecule has 26 heavy (non-hydrogen) atoms. The molecule has 1 aromatic carbocycles. The van der Waals surface area contributed by atoms with Gasteiger partial charge >= 0.3 is 0 Å². The molecule has 8 heteroatoms. The van der Waals surface area contributed by atoms with Crippen molar-refractivity contribution >= 4 is 18.3 Å². The second kappa shape index (κ2) is 10.8. The summed E-state index contributed by atoms with van der Waals surface area (Å²) in [7, 11) is 0. The Labute approximate surface area is 160 Å². The van der Waals surface area contributed by atoms with Crippen molar-refractivity contribution in [3.05, 3.63) is 35.7 Å². The molecule has 0 spiro atoms. The summed E-state index contributed by atoms with van der Waals surface area (Å²) in [5.74, 6) is 0.610. The summed E-state index contributed by atoms with van der Waals surface area (Å²) in [5.41, 5.74) is 2.02. The van der Waals surface area contributed by atoms with E-state index in [-0.39, 0.29) is 24.4 Å². The van der Waals surface area contributed by atoms with Crippen molar-refractivity contribution in [3.63, 3.8) is 0 Å². The number of ether oxygens (including phenoxy) is 1. The highest BCUT2D eigenvalue weighted by molar-refractivity contribution is 5.93. The SMILES string of the molecule is CCNCCNC(=O)c1nnn(-c2ccc(OC(C)C)cc2)c1CC.Cl. The Hall–Kier alpha value is -2.12. The number of amides is 1. The highest BCUT2D eigenvalue weighted by atomic mass is 35.5. The number of carbonyl (C=O) groups excluding carboxylic acids is 1. The number of carbonyl (C=O) groups is 1. The first-order valence-corrected chi connectivity index (χ1v) is 8.77. The van der Waals surface area contributed by atoms with Gasteiger partial charge in [-0.3, -0.25) is 4.79 Å². The molecule has 0 aliphatic carbocycles. The minimum atomic E-state index is -0.194. The molecule has 0 bridgehead atoms. The van der Waals surface area contributed by atoms with Crippen molar-refractivity contribution in [3.8, 4) is 11.4 Å². The van der Waals surface area contributed by atoms with Crippen LogP contribution in [-0.4, -0.2) is 46.6 Å². The average Bonchev–Trinajstić information content (AvgIpc) is 3.02. The topological polar surface area (TPSA) is 81.1 Å². The van der Waals surface area contributed by atoms with E-state index >= 15 is 0 Å². The fraction of sp³-hybridized carbons (Fsp3) is 0.500. The van der Waals surface area contributed by atoms with Crippen LogP contribution in [0.1, 0.15) is 43.9 Å². The summed E-state index contributed by atoms with van der Waals surface area (Å²) in [6.07, 6.45) is 0.786. The smallest absolute Gasteiger partial charge is 0.273 e. The van der Waals surface area contributed by atoms with Crippen LogP contribution >= 0.6 is 12.4 Å². The van der Waals surface area contributed by atoms with E-state index in [1.807, 2.05) is 52.0 Å². The van der Waals surface area contributed by atoms with Crippen LogP contribution in [0.2, 0.25) is 0 Å². The molecule has 2 aromatic rings. The van der Waals surface area contributed by atoms with Crippen LogP contribution in [0.5, 0.6) is 5.75 Å². The molecule has 2 rings (SSSR count). The zero-order chi connectivity index (χ0) is 18.2. The predicted octanol–water partition coefficient (Wildman–Crippen LogP) is 2.38. The van der Waals surface area contributed by atoms with Crippen molar-refractivity contribution in [2.45, 2.75) is 40.2 Å². The normalized spacial score (nSPS) is 10.5. The van der Waals surface area contributed by atoms with Crippen molar-refractivity contribution in [1.29, 1.82) is 0 Å². The van der Waals surface area contributed by atoms with Gasteiger partial charge in [0.25, 0.3) is 5.91 Å². The molecule has 0 saturated heterocycles. The maximum absolute atomic E-state index is 12.3. The molecule has 2 N–H and O–H groups in total. The van der Waals surface area contributed by atoms with Gasteiger partial charge in [0, 0.05) is 13.1 Å². The minimum absolute atomic E-state index is 0. The van der Waals surface area contributed by atoms with Gasteiger partial charge in [0.1, 0.15) is 5.75 Å². The Kier molecular flexibility index (Phi) is 9.09. The molecule has 7 nitrogen and oxygen atoms in total. The van der Waals surface area contributed by atoms with Crippen LogP contribution in [-0.2, 0) is 6.42 Å². The van der Waals surface area contributed by atoms with Gasteiger partial charge in [-0.1, -0.05) is 19.1 Å². The lowest BCUT2D eigenvalue weighted by Crippen LogP contribution is -2.32. The van der Waals surface area contributed by atoms with Crippen LogP contribution in [0.25, 0.3) is 5.69 Å². The monoisotopic (exact) mass is 381 g/mol. The number of nitrogens with one attached hydrogen (secondary N) is 2. The lowest BCUT2D eigenvalue weighted by molar-refractivity contribution is 0.0948. The number of benzene rings is 1. The molecule has 0 unspecified atom stereocenters. The molecule has 0 fully saturated rings. The van der Waals surface area contributed by atoms with E-state index in [9.17, 15) is 4.79 Å². The zero-order valence-electron chi connectivity index (χ0n) is 15.8. The molecule has 0 atom stereocenters. The summed E-state index contributed by atoms with van der Waals surface area (Å²) in [6, 6.07) is 7.62. The molecule has 144 valence electrons. The standard InChI is InChI=1S/C18H27N5O2.ClH/c1-5-16-17(18(24)20-12-11-19-6-2)21-22-23(16)14-7-9-15(10-8-14)25-13(3)4;/h7-10,13,19H,5-6,11-12H2,1-4H3,(H,20,24);1H. The van der Waals surface area contributed by atoms with Crippen LogP contribution in [0.15, 0.2) is 24.3 Å². The molecule has 0 aliphatic heterocycles. The average molecular weight is 382 g/mol. The third kappa shape index (κ3) is 5.71. The summed E-state index contributed by atoms with van der Waals surface area (Å²) in [6.45, 7) is 10.2. The molecule has 1 heterocycles. The van der Waals surface area contributed by atoms with Crippen molar-refractivity contribution < 1.29 is 9.53 Å². The number of nitrogens with zero attached hydrogens (tertiary/aromatic N) is 3. The summed E-state index contributed by atoms with van der Waals surface area (Å²) in [4.78, 5) is 12.3. The lowest BCUT2D eigenvalue weighted by Gasteiger charge is -2.11. The quantitative estimate of drug-likeness (QED) is 0.652. The first-order chi connectivity index (χ1) is 12.1. The number of aromatic nitrogens is 3. The molecule has 0 aliphatic rings. The molecule has 0 radical (unpaired) electrons. The van der Waals surface area contributed by atoms with Gasteiger partial charge in [0.05, 0.1) is 17.5 Å². The Morgan fingerprint density at radius 1 is 1.19 bits per heavy atom. The number of hydrogen-bond acceptors (Lipinski definition) is 5. The third-order valence-corrected chi connectivity index (χ3v) is 3.60. The predicted molar refractivity (Wildman–Crippen MR) is 105 cm³/mol. The molecular formula is C18H28ClN5O2. The van der Waals surface area contributed by atoms with Gasteiger partial charge < -0.3 is 15.4 Å². The summed E-state index contributed by atoms with van der Waals surface area (Å²) < 4.78 is 7.36. The largest absolute Gasteiger partial charge is 0.491 e. The van der Waals surface area contributed by atoms with Crippen LogP contribution in [0.3, 0.4) is 0 Å². The van der Waals surface area contributed by atoms with E-state index in [4.69, 9.17) is 4.74 Å². The Morgan fingerprint density at radius 2 is 1.88 bits per heavy atom. The molecular weight excluding hydrogens is 354 g/mol. The van der Waals surface area contributed by atoms with E-state index in [1.165, 1.54) is 0 Å². The van der Waals surface area contributed by atoms with Crippen LogP contribution < -0.4 is 15.4 Å². The maximum atomic E-state index is 12.3. The first-order valence-electron chi connectivity index (χ1n) is 8.77. The van der Waals surface area contributed by atoms with E-state index in [1.54, 1.807) is 4.68 Å². The molecule has 1 aromatic heterocycles. The zero-order valence-corrected chi connectivity index (χ0v) is 16.6. The van der Waals surface area contributed by atoms with Gasteiger partial charge in [-0.2, -0.15) is 0 Å². The van der Waals surface area contributed by atoms with E-state index in [0.717, 1.165) is 30.2 Å². The second-order valence-corrected chi connectivity index (χ2v) is 5.92. The molecule has 1 amide bonds. The van der Waals surface area contributed by atoms with E-state index in [0.29, 0.717) is 18.7 Å².